The summed E-state index contributed by atoms with van der Waals surface area (Å²) in [5.74, 6) is 0.694. The molecule has 0 fully saturated rings. The van der Waals surface area contributed by atoms with Gasteiger partial charge in [-0.15, -0.1) is 0 Å². The van der Waals surface area contributed by atoms with Crippen molar-refractivity contribution < 1.29 is 0 Å². The van der Waals surface area contributed by atoms with Crippen molar-refractivity contribution in [3.8, 4) is 0 Å². The highest BCUT2D eigenvalue weighted by Crippen LogP contribution is 2.07. The molecule has 0 bridgehead atoms. The Labute approximate surface area is 94.6 Å². The second-order valence-corrected chi connectivity index (χ2v) is 4.67. The molecule has 0 aliphatic carbocycles. The van der Waals surface area contributed by atoms with E-state index in [4.69, 9.17) is 5.73 Å². The van der Waals surface area contributed by atoms with Crippen molar-refractivity contribution in [3.05, 3.63) is 23.8 Å². The zero-order valence-corrected chi connectivity index (χ0v) is 10.6. The second kappa shape index (κ2) is 7.66. The molecule has 0 aliphatic heterocycles. The monoisotopic (exact) mass is 210 g/mol. The SMILES string of the molecule is C=C(C)CNC(C)/C(=C/CC(C)C)CN. The van der Waals surface area contributed by atoms with Crippen LogP contribution in [0.1, 0.15) is 34.1 Å². The van der Waals surface area contributed by atoms with Crippen LogP contribution in [0.3, 0.4) is 0 Å². The molecule has 88 valence electrons. The van der Waals surface area contributed by atoms with Crippen molar-refractivity contribution in [1.29, 1.82) is 0 Å². The molecule has 0 spiro atoms. The number of hydrogen-bond donors (Lipinski definition) is 2. The van der Waals surface area contributed by atoms with E-state index >= 15 is 0 Å². The lowest BCUT2D eigenvalue weighted by Gasteiger charge is -2.17. The van der Waals surface area contributed by atoms with E-state index < -0.39 is 0 Å². The van der Waals surface area contributed by atoms with Gasteiger partial charge in [0.1, 0.15) is 0 Å². The van der Waals surface area contributed by atoms with Gasteiger partial charge in [-0.25, -0.2) is 0 Å². The minimum absolute atomic E-state index is 0.352. The van der Waals surface area contributed by atoms with Crippen molar-refractivity contribution in [3.63, 3.8) is 0 Å². The van der Waals surface area contributed by atoms with E-state index in [1.165, 1.54) is 5.57 Å². The highest BCUT2D eigenvalue weighted by molar-refractivity contribution is 5.12. The highest BCUT2D eigenvalue weighted by Gasteiger charge is 2.06. The molecule has 0 aromatic rings. The Hall–Kier alpha value is -0.600. The molecule has 15 heavy (non-hydrogen) atoms. The van der Waals surface area contributed by atoms with Gasteiger partial charge in [-0.1, -0.05) is 32.1 Å². The van der Waals surface area contributed by atoms with Crippen LogP contribution in [0.25, 0.3) is 0 Å². The molecule has 1 atom stereocenters. The molecule has 0 radical (unpaired) electrons. The Bertz CT molecular complexity index is 217. The third-order valence-electron chi connectivity index (χ3n) is 2.35. The highest BCUT2D eigenvalue weighted by atomic mass is 14.9. The fraction of sp³-hybridized carbons (Fsp3) is 0.692. The normalized spacial score (nSPS) is 14.4. The van der Waals surface area contributed by atoms with Crippen LogP contribution < -0.4 is 11.1 Å². The fourth-order valence-electron chi connectivity index (χ4n) is 1.28. The van der Waals surface area contributed by atoms with Gasteiger partial charge in [-0.05, 0) is 31.8 Å². The molecule has 0 amide bonds. The summed E-state index contributed by atoms with van der Waals surface area (Å²) in [6.45, 7) is 14.0. The van der Waals surface area contributed by atoms with Gasteiger partial charge in [-0.2, -0.15) is 0 Å². The number of nitrogens with one attached hydrogen (secondary N) is 1. The van der Waals surface area contributed by atoms with Crippen LogP contribution in [-0.4, -0.2) is 19.1 Å². The van der Waals surface area contributed by atoms with Gasteiger partial charge in [0.05, 0.1) is 0 Å². The van der Waals surface area contributed by atoms with Gasteiger partial charge in [0.25, 0.3) is 0 Å². The van der Waals surface area contributed by atoms with Gasteiger partial charge >= 0.3 is 0 Å². The van der Waals surface area contributed by atoms with Gasteiger partial charge in [0, 0.05) is 19.1 Å². The summed E-state index contributed by atoms with van der Waals surface area (Å²) in [5.41, 5.74) is 8.19. The van der Waals surface area contributed by atoms with E-state index in [1.54, 1.807) is 0 Å². The summed E-state index contributed by atoms with van der Waals surface area (Å²) in [7, 11) is 0. The Morgan fingerprint density at radius 3 is 2.40 bits per heavy atom. The molecule has 0 rings (SSSR count). The van der Waals surface area contributed by atoms with Crippen LogP contribution in [0.15, 0.2) is 23.8 Å². The topological polar surface area (TPSA) is 38.0 Å². The average Bonchev–Trinajstić information content (AvgIpc) is 2.15. The Kier molecular flexibility index (Phi) is 7.35. The molecule has 0 aliphatic rings. The third kappa shape index (κ3) is 7.34. The molecule has 2 heteroatoms. The minimum Gasteiger partial charge on any atom is -0.327 e. The van der Waals surface area contributed by atoms with E-state index in [1.807, 2.05) is 6.92 Å². The molecule has 0 saturated heterocycles. The van der Waals surface area contributed by atoms with Crippen LogP contribution in [-0.2, 0) is 0 Å². The summed E-state index contributed by atoms with van der Waals surface area (Å²) in [4.78, 5) is 0. The second-order valence-electron chi connectivity index (χ2n) is 4.67. The van der Waals surface area contributed by atoms with Crippen LogP contribution in [0.4, 0.5) is 0 Å². The molecular weight excluding hydrogens is 184 g/mol. The zero-order chi connectivity index (χ0) is 11.8. The van der Waals surface area contributed by atoms with Crippen LogP contribution in [0.5, 0.6) is 0 Å². The van der Waals surface area contributed by atoms with Crippen molar-refractivity contribution in [2.45, 2.75) is 40.2 Å². The zero-order valence-electron chi connectivity index (χ0n) is 10.6. The number of allylic oxidation sites excluding steroid dienone is 1. The minimum atomic E-state index is 0.352. The summed E-state index contributed by atoms with van der Waals surface area (Å²) in [6, 6.07) is 0.352. The van der Waals surface area contributed by atoms with Crippen molar-refractivity contribution in [2.75, 3.05) is 13.1 Å². The first-order valence-corrected chi connectivity index (χ1v) is 5.74. The molecule has 1 unspecified atom stereocenters. The smallest absolute Gasteiger partial charge is 0.0266 e. The molecule has 0 saturated carbocycles. The predicted octanol–water partition coefficient (Wildman–Crippen LogP) is 2.47. The summed E-state index contributed by atoms with van der Waals surface area (Å²) in [6.07, 6.45) is 3.37. The summed E-state index contributed by atoms with van der Waals surface area (Å²) < 4.78 is 0. The largest absolute Gasteiger partial charge is 0.327 e. The maximum atomic E-state index is 5.74. The van der Waals surface area contributed by atoms with Gasteiger partial charge < -0.3 is 11.1 Å². The molecule has 0 heterocycles. The van der Waals surface area contributed by atoms with Crippen molar-refractivity contribution >= 4 is 0 Å². The number of hydrogen-bond acceptors (Lipinski definition) is 2. The molecule has 0 aromatic heterocycles. The first-order chi connectivity index (χ1) is 6.97. The Balaban J connectivity index is 4.14. The van der Waals surface area contributed by atoms with E-state index in [0.717, 1.165) is 18.5 Å². The van der Waals surface area contributed by atoms with E-state index in [9.17, 15) is 0 Å². The van der Waals surface area contributed by atoms with E-state index in [0.29, 0.717) is 18.5 Å². The quantitative estimate of drug-likeness (QED) is 0.634. The maximum absolute atomic E-state index is 5.74. The standard InChI is InChI=1S/C13H26N2/c1-10(2)6-7-13(8-14)12(5)15-9-11(3)4/h7,10,12,15H,3,6,8-9,14H2,1-2,4-5H3/b13-7+. The molecule has 3 N–H and O–H groups in total. The van der Waals surface area contributed by atoms with Crippen LogP contribution in [0, 0.1) is 5.92 Å². The summed E-state index contributed by atoms with van der Waals surface area (Å²) >= 11 is 0. The Morgan fingerprint density at radius 2 is 2.00 bits per heavy atom. The van der Waals surface area contributed by atoms with Gasteiger partial charge in [-0.3, -0.25) is 0 Å². The third-order valence-corrected chi connectivity index (χ3v) is 2.35. The first kappa shape index (κ1) is 14.4. The van der Waals surface area contributed by atoms with Crippen LogP contribution in [0.2, 0.25) is 0 Å². The lowest BCUT2D eigenvalue weighted by molar-refractivity contribution is 0.615. The van der Waals surface area contributed by atoms with Crippen LogP contribution >= 0.6 is 0 Å². The van der Waals surface area contributed by atoms with Gasteiger partial charge in [0.2, 0.25) is 0 Å². The van der Waals surface area contributed by atoms with E-state index in [-0.39, 0.29) is 0 Å². The lowest BCUT2D eigenvalue weighted by Crippen LogP contribution is -2.32. The van der Waals surface area contributed by atoms with Gasteiger partial charge in [0.15, 0.2) is 0 Å². The molecule has 2 nitrogen and oxygen atoms in total. The Morgan fingerprint density at radius 1 is 1.40 bits per heavy atom. The number of nitrogens with two attached hydrogens (primary N) is 1. The van der Waals surface area contributed by atoms with Crippen molar-refractivity contribution in [2.24, 2.45) is 11.7 Å². The summed E-state index contributed by atoms with van der Waals surface area (Å²) in [5, 5.41) is 3.41. The number of rotatable bonds is 7. The first-order valence-electron chi connectivity index (χ1n) is 5.74. The fourth-order valence-corrected chi connectivity index (χ4v) is 1.28. The predicted molar refractivity (Wildman–Crippen MR) is 68.9 cm³/mol. The lowest BCUT2D eigenvalue weighted by atomic mass is 10.0. The molecule has 0 aromatic carbocycles. The maximum Gasteiger partial charge on any atom is 0.0266 e. The van der Waals surface area contributed by atoms with Crippen molar-refractivity contribution in [1.82, 2.24) is 5.32 Å². The van der Waals surface area contributed by atoms with E-state index in [2.05, 4.69) is 38.7 Å². The molecular formula is C13H26N2. The average molecular weight is 210 g/mol.